The van der Waals surface area contributed by atoms with Gasteiger partial charge in [0.2, 0.25) is 0 Å². The number of hydrogen-bond acceptors (Lipinski definition) is 5. The first-order valence-corrected chi connectivity index (χ1v) is 6.98. The molecule has 6 heteroatoms. The second-order valence-electron chi connectivity index (χ2n) is 5.46. The van der Waals surface area contributed by atoms with Crippen LogP contribution in [0.5, 0.6) is 11.5 Å². The third-order valence-electron chi connectivity index (χ3n) is 2.57. The summed E-state index contributed by atoms with van der Waals surface area (Å²) in [5.74, 6) is 0.744. The molecule has 0 aromatic heterocycles. The van der Waals surface area contributed by atoms with E-state index in [1.807, 2.05) is 26.8 Å². The van der Waals surface area contributed by atoms with Crippen LogP contribution in [0.3, 0.4) is 0 Å². The molecule has 1 aromatic rings. The third-order valence-corrected chi connectivity index (χ3v) is 2.98. The Morgan fingerprint density at radius 3 is 2.43 bits per heavy atom. The van der Waals surface area contributed by atoms with E-state index in [4.69, 9.17) is 25.8 Å². The van der Waals surface area contributed by atoms with Crippen molar-refractivity contribution in [1.29, 1.82) is 0 Å². The van der Waals surface area contributed by atoms with E-state index in [2.05, 4.69) is 5.32 Å². The maximum atomic E-state index is 11.6. The fraction of sp³-hybridized carbons (Fsp3) is 0.533. The van der Waals surface area contributed by atoms with Crippen LogP contribution in [-0.2, 0) is 16.1 Å². The number of halogens is 1. The lowest BCUT2D eigenvalue weighted by atomic mass is 10.2. The summed E-state index contributed by atoms with van der Waals surface area (Å²) in [6.07, 6.45) is 0. The summed E-state index contributed by atoms with van der Waals surface area (Å²) in [7, 11) is 3.08. The average molecular weight is 316 g/mol. The Kier molecular flexibility index (Phi) is 6.30. The Balaban J connectivity index is 2.62. The third kappa shape index (κ3) is 5.44. The van der Waals surface area contributed by atoms with E-state index in [0.29, 0.717) is 23.1 Å². The molecule has 0 aliphatic carbocycles. The number of esters is 1. The van der Waals surface area contributed by atoms with Crippen molar-refractivity contribution in [3.63, 3.8) is 0 Å². The number of hydrogen-bond donors (Lipinski definition) is 1. The minimum Gasteiger partial charge on any atom is -0.493 e. The maximum absolute atomic E-state index is 11.6. The molecule has 0 atom stereocenters. The second kappa shape index (κ2) is 7.52. The molecule has 0 saturated carbocycles. The average Bonchev–Trinajstić information content (AvgIpc) is 2.38. The summed E-state index contributed by atoms with van der Waals surface area (Å²) >= 11 is 6.25. The first kappa shape index (κ1) is 17.6. The van der Waals surface area contributed by atoms with E-state index >= 15 is 0 Å². The lowest BCUT2D eigenvalue weighted by Gasteiger charge is -2.19. The molecule has 118 valence electrons. The lowest BCUT2D eigenvalue weighted by molar-refractivity contribution is -0.153. The van der Waals surface area contributed by atoms with E-state index in [1.165, 1.54) is 7.11 Å². The molecule has 0 radical (unpaired) electrons. The minimum absolute atomic E-state index is 0.113. The molecule has 0 spiro atoms. The van der Waals surface area contributed by atoms with Crippen LogP contribution in [0.2, 0.25) is 5.02 Å². The van der Waals surface area contributed by atoms with Crippen LogP contribution in [0.1, 0.15) is 26.3 Å². The molecule has 0 amide bonds. The molecule has 0 saturated heterocycles. The van der Waals surface area contributed by atoms with Crippen molar-refractivity contribution in [2.75, 3.05) is 20.8 Å². The van der Waals surface area contributed by atoms with E-state index in [9.17, 15) is 4.79 Å². The van der Waals surface area contributed by atoms with Gasteiger partial charge in [0.25, 0.3) is 0 Å². The predicted molar refractivity (Wildman–Crippen MR) is 82.1 cm³/mol. The number of nitrogens with one attached hydrogen (secondary N) is 1. The zero-order valence-electron chi connectivity index (χ0n) is 13.1. The fourth-order valence-electron chi connectivity index (χ4n) is 1.74. The minimum atomic E-state index is -0.486. The van der Waals surface area contributed by atoms with Crippen LogP contribution in [0.25, 0.3) is 0 Å². The SMILES string of the molecule is COc1ccc(CNCC(=O)OC(C)(C)C)c(Cl)c1OC. The first-order chi connectivity index (χ1) is 9.78. The Bertz CT molecular complexity index is 497. The zero-order chi connectivity index (χ0) is 16.0. The van der Waals surface area contributed by atoms with Gasteiger partial charge in [-0.15, -0.1) is 0 Å². The summed E-state index contributed by atoms with van der Waals surface area (Å²) in [6, 6.07) is 3.60. The number of carbonyl (C=O) groups is 1. The zero-order valence-corrected chi connectivity index (χ0v) is 13.8. The molecule has 1 N–H and O–H groups in total. The highest BCUT2D eigenvalue weighted by Crippen LogP contribution is 2.37. The Morgan fingerprint density at radius 2 is 1.90 bits per heavy atom. The molecule has 0 aliphatic heterocycles. The largest absolute Gasteiger partial charge is 0.493 e. The Morgan fingerprint density at radius 1 is 1.24 bits per heavy atom. The number of benzene rings is 1. The van der Waals surface area contributed by atoms with E-state index in [-0.39, 0.29) is 12.5 Å². The summed E-state index contributed by atoms with van der Waals surface area (Å²) in [5.41, 5.74) is 0.331. The molecule has 0 heterocycles. The van der Waals surface area contributed by atoms with Crippen LogP contribution in [0, 0.1) is 0 Å². The van der Waals surface area contributed by atoms with Crippen LogP contribution in [0.15, 0.2) is 12.1 Å². The van der Waals surface area contributed by atoms with Crippen molar-refractivity contribution in [3.05, 3.63) is 22.7 Å². The van der Waals surface area contributed by atoms with Crippen molar-refractivity contribution in [3.8, 4) is 11.5 Å². The first-order valence-electron chi connectivity index (χ1n) is 6.60. The van der Waals surface area contributed by atoms with E-state index < -0.39 is 5.60 Å². The monoisotopic (exact) mass is 315 g/mol. The van der Waals surface area contributed by atoms with Crippen molar-refractivity contribution in [2.45, 2.75) is 32.9 Å². The van der Waals surface area contributed by atoms with Gasteiger partial charge in [0, 0.05) is 6.54 Å². The van der Waals surface area contributed by atoms with Crippen molar-refractivity contribution >= 4 is 17.6 Å². The molecule has 1 rings (SSSR count). The molecule has 1 aromatic carbocycles. The van der Waals surface area contributed by atoms with Gasteiger partial charge in [0.05, 0.1) is 25.8 Å². The van der Waals surface area contributed by atoms with Gasteiger partial charge >= 0.3 is 5.97 Å². The highest BCUT2D eigenvalue weighted by molar-refractivity contribution is 6.33. The number of rotatable bonds is 6. The van der Waals surface area contributed by atoms with Crippen LogP contribution in [-0.4, -0.2) is 32.3 Å². The molecule has 0 fully saturated rings. The van der Waals surface area contributed by atoms with Gasteiger partial charge in [-0.2, -0.15) is 0 Å². The van der Waals surface area contributed by atoms with Gasteiger partial charge in [-0.1, -0.05) is 17.7 Å². The normalized spacial score (nSPS) is 11.1. The van der Waals surface area contributed by atoms with Gasteiger partial charge in [-0.3, -0.25) is 4.79 Å². The molecular formula is C15H22ClNO4. The molecule has 0 bridgehead atoms. The number of methoxy groups -OCH3 is 2. The van der Waals surface area contributed by atoms with Crippen LogP contribution >= 0.6 is 11.6 Å². The summed E-state index contributed by atoms with van der Waals surface area (Å²) in [6.45, 7) is 6.03. The number of ether oxygens (including phenoxy) is 3. The highest BCUT2D eigenvalue weighted by Gasteiger charge is 2.16. The standard InChI is InChI=1S/C15H22ClNO4/c1-15(2,3)21-12(18)9-17-8-10-6-7-11(19-4)14(20-5)13(10)16/h6-7,17H,8-9H2,1-5H3. The lowest BCUT2D eigenvalue weighted by Crippen LogP contribution is -2.31. The Hall–Kier alpha value is -1.46. The molecule has 0 unspecified atom stereocenters. The van der Waals surface area contributed by atoms with E-state index in [0.717, 1.165) is 5.56 Å². The molecule has 5 nitrogen and oxygen atoms in total. The summed E-state index contributed by atoms with van der Waals surface area (Å²) in [5, 5.41) is 3.46. The molecule has 21 heavy (non-hydrogen) atoms. The predicted octanol–water partition coefficient (Wildman–Crippen LogP) is 2.79. The second-order valence-corrected chi connectivity index (χ2v) is 5.84. The van der Waals surface area contributed by atoms with Gasteiger partial charge < -0.3 is 19.5 Å². The summed E-state index contributed by atoms with van der Waals surface area (Å²) in [4.78, 5) is 11.6. The quantitative estimate of drug-likeness (QED) is 0.818. The smallest absolute Gasteiger partial charge is 0.320 e. The Labute approximate surface area is 130 Å². The topological polar surface area (TPSA) is 56.8 Å². The fourth-order valence-corrected chi connectivity index (χ4v) is 2.04. The highest BCUT2D eigenvalue weighted by atomic mass is 35.5. The van der Waals surface area contributed by atoms with Crippen molar-refractivity contribution in [1.82, 2.24) is 5.32 Å². The van der Waals surface area contributed by atoms with Gasteiger partial charge in [-0.05, 0) is 32.4 Å². The van der Waals surface area contributed by atoms with Crippen LogP contribution < -0.4 is 14.8 Å². The van der Waals surface area contributed by atoms with Crippen molar-refractivity contribution in [2.24, 2.45) is 0 Å². The molecular weight excluding hydrogens is 294 g/mol. The number of carbonyl (C=O) groups excluding carboxylic acids is 1. The maximum Gasteiger partial charge on any atom is 0.320 e. The van der Waals surface area contributed by atoms with Crippen LogP contribution in [0.4, 0.5) is 0 Å². The van der Waals surface area contributed by atoms with Crippen molar-refractivity contribution < 1.29 is 19.0 Å². The molecule has 0 aliphatic rings. The van der Waals surface area contributed by atoms with Gasteiger partial charge in [0.15, 0.2) is 11.5 Å². The van der Waals surface area contributed by atoms with E-state index in [1.54, 1.807) is 13.2 Å². The van der Waals surface area contributed by atoms with Gasteiger partial charge in [-0.25, -0.2) is 0 Å². The van der Waals surface area contributed by atoms with Gasteiger partial charge in [0.1, 0.15) is 5.60 Å². The summed E-state index contributed by atoms with van der Waals surface area (Å²) < 4.78 is 15.6.